The largest absolute Gasteiger partial charge is 0.497 e. The molecule has 1 N–H and O–H groups in total. The first-order chi connectivity index (χ1) is 14.9. The molecule has 2 rings (SSSR count). The van der Waals surface area contributed by atoms with E-state index in [-0.39, 0.29) is 12.1 Å². The molecule has 5 nitrogen and oxygen atoms in total. The standard InChI is InChI=1S/C22H31BF5NO4/c1-8-31-18(30)16(12-19(2,3)25)29-17(22(26,27)28)13-9-10-14(15(24)11-13)23-32-20(4,5)21(6,7)33-23/h9-11,16-17,29H,8,12H2,1-7H3. The highest BCUT2D eigenvalue weighted by molar-refractivity contribution is 6.62. The van der Waals surface area contributed by atoms with Gasteiger partial charge < -0.3 is 14.0 Å². The normalized spacial score (nSPS) is 19.9. The Morgan fingerprint density at radius 2 is 1.67 bits per heavy atom. The summed E-state index contributed by atoms with van der Waals surface area (Å²) >= 11 is 0. The molecule has 2 atom stereocenters. The average Bonchev–Trinajstić information content (AvgIpc) is 2.83. The van der Waals surface area contributed by atoms with Gasteiger partial charge in [-0.2, -0.15) is 13.2 Å². The van der Waals surface area contributed by atoms with Gasteiger partial charge in [0.05, 0.1) is 17.8 Å². The predicted molar refractivity (Wildman–Crippen MR) is 114 cm³/mol. The summed E-state index contributed by atoms with van der Waals surface area (Å²) in [6, 6.07) is -1.07. The fraction of sp³-hybridized carbons (Fsp3) is 0.682. The first-order valence-electron chi connectivity index (χ1n) is 10.7. The molecule has 2 unspecified atom stereocenters. The van der Waals surface area contributed by atoms with Crippen molar-refractivity contribution in [2.75, 3.05) is 6.61 Å². The van der Waals surface area contributed by atoms with Crippen molar-refractivity contribution < 1.29 is 40.8 Å². The van der Waals surface area contributed by atoms with E-state index in [9.17, 15) is 26.7 Å². The minimum Gasteiger partial charge on any atom is -0.465 e. The van der Waals surface area contributed by atoms with Crippen LogP contribution in [0.2, 0.25) is 0 Å². The number of benzene rings is 1. The Labute approximate surface area is 191 Å². The van der Waals surface area contributed by atoms with E-state index in [1.807, 2.05) is 0 Å². The van der Waals surface area contributed by atoms with Gasteiger partial charge >= 0.3 is 19.3 Å². The van der Waals surface area contributed by atoms with Gasteiger partial charge in [-0.3, -0.25) is 10.1 Å². The Bertz CT molecular complexity index is 838. The first-order valence-corrected chi connectivity index (χ1v) is 10.7. The summed E-state index contributed by atoms with van der Waals surface area (Å²) < 4.78 is 87.2. The Hall–Kier alpha value is -1.72. The molecule has 0 spiro atoms. The van der Waals surface area contributed by atoms with Crippen LogP contribution in [0.5, 0.6) is 0 Å². The monoisotopic (exact) mass is 479 g/mol. The first kappa shape index (κ1) is 27.5. The smallest absolute Gasteiger partial charge is 0.465 e. The number of carbonyl (C=O) groups excluding carboxylic acids is 1. The average molecular weight is 479 g/mol. The van der Waals surface area contributed by atoms with E-state index < -0.39 is 66.0 Å². The number of nitrogens with one attached hydrogen (secondary N) is 1. The lowest BCUT2D eigenvalue weighted by Crippen LogP contribution is -2.48. The molecule has 0 amide bonds. The summed E-state index contributed by atoms with van der Waals surface area (Å²) in [7, 11) is -1.10. The van der Waals surface area contributed by atoms with E-state index >= 15 is 0 Å². The molecule has 1 aliphatic heterocycles. The van der Waals surface area contributed by atoms with Gasteiger partial charge in [0.1, 0.15) is 23.6 Å². The van der Waals surface area contributed by atoms with Crippen LogP contribution in [0.4, 0.5) is 22.0 Å². The summed E-state index contributed by atoms with van der Waals surface area (Å²) in [6.07, 6.45) is -5.46. The van der Waals surface area contributed by atoms with Crippen LogP contribution in [0, 0.1) is 5.82 Å². The van der Waals surface area contributed by atoms with E-state index in [0.29, 0.717) is 6.07 Å². The van der Waals surface area contributed by atoms with Crippen LogP contribution in [0.3, 0.4) is 0 Å². The van der Waals surface area contributed by atoms with Crippen molar-refractivity contribution >= 4 is 18.6 Å². The van der Waals surface area contributed by atoms with E-state index in [4.69, 9.17) is 14.0 Å². The van der Waals surface area contributed by atoms with Crippen molar-refractivity contribution in [3.8, 4) is 0 Å². The zero-order valence-corrected chi connectivity index (χ0v) is 19.9. The van der Waals surface area contributed by atoms with Crippen LogP contribution in [0.1, 0.15) is 66.5 Å². The van der Waals surface area contributed by atoms with Crippen molar-refractivity contribution in [1.29, 1.82) is 0 Å². The summed E-state index contributed by atoms with van der Waals surface area (Å²) in [5.41, 5.74) is -4.00. The number of hydrogen-bond donors (Lipinski definition) is 1. The van der Waals surface area contributed by atoms with Crippen molar-refractivity contribution in [3.05, 3.63) is 29.6 Å². The minimum absolute atomic E-state index is 0.0508. The maximum atomic E-state index is 14.9. The number of alkyl halides is 4. The maximum Gasteiger partial charge on any atom is 0.497 e. The molecular weight excluding hydrogens is 448 g/mol. The summed E-state index contributed by atoms with van der Waals surface area (Å²) in [5, 5.41) is 2.13. The van der Waals surface area contributed by atoms with Gasteiger partial charge in [0.25, 0.3) is 0 Å². The topological polar surface area (TPSA) is 56.8 Å². The highest BCUT2D eigenvalue weighted by Gasteiger charge is 2.52. The van der Waals surface area contributed by atoms with E-state index in [1.54, 1.807) is 27.7 Å². The third kappa shape index (κ3) is 6.67. The molecule has 0 bridgehead atoms. The fourth-order valence-electron chi connectivity index (χ4n) is 3.40. The second kappa shape index (κ2) is 9.50. The second-order valence-electron chi connectivity index (χ2n) is 9.74. The zero-order valence-electron chi connectivity index (χ0n) is 19.9. The van der Waals surface area contributed by atoms with Crippen molar-refractivity contribution in [2.24, 2.45) is 0 Å². The molecule has 186 valence electrons. The molecule has 1 aliphatic rings. The fourth-order valence-corrected chi connectivity index (χ4v) is 3.40. The molecule has 0 aliphatic carbocycles. The van der Waals surface area contributed by atoms with Crippen molar-refractivity contribution in [2.45, 2.75) is 90.0 Å². The number of rotatable bonds is 8. The van der Waals surface area contributed by atoms with Crippen LogP contribution in [-0.2, 0) is 18.8 Å². The molecule has 11 heteroatoms. The van der Waals surface area contributed by atoms with Gasteiger partial charge in [-0.05, 0) is 60.1 Å². The molecular formula is C22H31BF5NO4. The van der Waals surface area contributed by atoms with Gasteiger partial charge in [0.15, 0.2) is 0 Å². The van der Waals surface area contributed by atoms with Crippen molar-refractivity contribution in [3.63, 3.8) is 0 Å². The zero-order chi connectivity index (χ0) is 25.4. The van der Waals surface area contributed by atoms with Gasteiger partial charge in [0, 0.05) is 11.9 Å². The number of esters is 1. The van der Waals surface area contributed by atoms with Crippen LogP contribution < -0.4 is 10.8 Å². The molecule has 0 aromatic heterocycles. The Kier molecular flexibility index (Phi) is 7.93. The maximum absolute atomic E-state index is 14.9. The van der Waals surface area contributed by atoms with Crippen LogP contribution >= 0.6 is 0 Å². The van der Waals surface area contributed by atoms with Gasteiger partial charge in [-0.15, -0.1) is 0 Å². The molecule has 1 heterocycles. The van der Waals surface area contributed by atoms with E-state index in [1.165, 1.54) is 6.92 Å². The molecule has 1 aromatic carbocycles. The molecule has 33 heavy (non-hydrogen) atoms. The summed E-state index contributed by atoms with van der Waals surface area (Å²) in [5.74, 6) is -1.98. The quantitative estimate of drug-likeness (QED) is 0.341. The lowest BCUT2D eigenvalue weighted by molar-refractivity contribution is -0.165. The Morgan fingerprint density at radius 3 is 2.09 bits per heavy atom. The Balaban J connectivity index is 2.37. The second-order valence-corrected chi connectivity index (χ2v) is 9.74. The van der Waals surface area contributed by atoms with E-state index in [0.717, 1.165) is 26.0 Å². The molecule has 1 aromatic rings. The number of halogens is 5. The predicted octanol–water partition coefficient (Wildman–Crippen LogP) is 4.39. The summed E-state index contributed by atoms with van der Waals surface area (Å²) in [6.45, 7) is 10.8. The Morgan fingerprint density at radius 1 is 1.12 bits per heavy atom. The van der Waals surface area contributed by atoms with Gasteiger partial charge in [0.2, 0.25) is 0 Å². The molecule has 1 fully saturated rings. The SMILES string of the molecule is CCOC(=O)C(CC(C)(C)F)NC(c1ccc(B2OC(C)(C)C(C)(C)O2)c(F)c1)C(F)(F)F. The minimum atomic E-state index is -4.90. The highest BCUT2D eigenvalue weighted by Crippen LogP contribution is 2.38. The van der Waals surface area contributed by atoms with Crippen LogP contribution in [-0.4, -0.2) is 48.8 Å². The summed E-state index contributed by atoms with van der Waals surface area (Å²) in [4.78, 5) is 12.2. The van der Waals surface area contributed by atoms with Gasteiger partial charge in [-0.25, -0.2) is 8.78 Å². The number of hydrogen-bond acceptors (Lipinski definition) is 5. The van der Waals surface area contributed by atoms with E-state index in [2.05, 4.69) is 5.32 Å². The lowest BCUT2D eigenvalue weighted by Gasteiger charge is -2.32. The van der Waals surface area contributed by atoms with Crippen LogP contribution in [0.25, 0.3) is 0 Å². The lowest BCUT2D eigenvalue weighted by atomic mass is 9.78. The van der Waals surface area contributed by atoms with Crippen molar-refractivity contribution in [1.82, 2.24) is 5.32 Å². The third-order valence-corrected chi connectivity index (χ3v) is 5.82. The van der Waals surface area contributed by atoms with Crippen LogP contribution in [0.15, 0.2) is 18.2 Å². The molecule has 0 radical (unpaired) electrons. The third-order valence-electron chi connectivity index (χ3n) is 5.82. The number of carbonyl (C=O) groups is 1. The molecule has 0 saturated carbocycles. The number of ether oxygens (including phenoxy) is 1. The molecule has 1 saturated heterocycles. The van der Waals surface area contributed by atoms with Gasteiger partial charge in [-0.1, -0.05) is 12.1 Å². The highest BCUT2D eigenvalue weighted by atomic mass is 19.4.